The van der Waals surface area contributed by atoms with E-state index in [1.807, 2.05) is 0 Å². The van der Waals surface area contributed by atoms with Crippen LogP contribution in [0, 0.1) is 5.92 Å². The maximum absolute atomic E-state index is 11.7. The Kier molecular flexibility index (Phi) is 3.44. The van der Waals surface area contributed by atoms with E-state index in [9.17, 15) is 14.4 Å². The van der Waals surface area contributed by atoms with Crippen LogP contribution in [0.25, 0.3) is 0 Å². The van der Waals surface area contributed by atoms with Crippen LogP contribution < -0.4 is 0 Å². The van der Waals surface area contributed by atoms with Crippen molar-refractivity contribution in [3.05, 3.63) is 11.0 Å². The molecule has 1 saturated heterocycles. The number of ketones is 2. The first kappa shape index (κ1) is 12.4. The summed E-state index contributed by atoms with van der Waals surface area (Å²) in [6, 6.07) is 0. The van der Waals surface area contributed by atoms with E-state index in [2.05, 4.69) is 0 Å². The van der Waals surface area contributed by atoms with E-state index in [-0.39, 0.29) is 17.5 Å². The Labute approximate surface area is 108 Å². The first-order valence-electron chi connectivity index (χ1n) is 5.28. The minimum absolute atomic E-state index is 0.0948. The molecule has 1 amide bonds. The number of thioether (sulfide) groups is 1. The maximum atomic E-state index is 11.7. The van der Waals surface area contributed by atoms with Crippen molar-refractivity contribution < 1.29 is 14.4 Å². The van der Waals surface area contributed by atoms with E-state index in [0.717, 1.165) is 11.8 Å². The number of carbonyl (C=O) groups is 3. The van der Waals surface area contributed by atoms with Crippen molar-refractivity contribution >= 4 is 45.8 Å². The molecule has 1 aliphatic carbocycles. The number of Topliss-reactive ketones (excluding diaryl/α,β-unsaturated/α-hetero) is 2. The van der Waals surface area contributed by atoms with Gasteiger partial charge < -0.3 is 0 Å². The number of amides is 1. The second-order valence-corrected chi connectivity index (χ2v) is 5.70. The number of rotatable bonds is 1. The molecule has 0 aromatic rings. The molecule has 0 radical (unpaired) electrons. The fourth-order valence-corrected chi connectivity index (χ4v) is 3.01. The van der Waals surface area contributed by atoms with Gasteiger partial charge in [0.25, 0.3) is 5.91 Å². The average Bonchev–Trinajstić information content (AvgIpc) is 2.52. The molecular formula is C11H11NO3S2. The summed E-state index contributed by atoms with van der Waals surface area (Å²) in [6.07, 6.45) is 2.93. The van der Waals surface area contributed by atoms with Crippen LogP contribution in [0.3, 0.4) is 0 Å². The predicted octanol–water partition coefficient (Wildman–Crippen LogP) is 1.30. The molecule has 0 spiro atoms. The summed E-state index contributed by atoms with van der Waals surface area (Å²) in [4.78, 5) is 36.7. The van der Waals surface area contributed by atoms with E-state index in [4.69, 9.17) is 12.2 Å². The maximum Gasteiger partial charge on any atom is 0.265 e. The highest BCUT2D eigenvalue weighted by atomic mass is 32.2. The summed E-state index contributed by atoms with van der Waals surface area (Å²) in [5.41, 5.74) is 0. The van der Waals surface area contributed by atoms with Crippen LogP contribution in [0.4, 0.5) is 0 Å². The first-order chi connectivity index (χ1) is 8.00. The summed E-state index contributed by atoms with van der Waals surface area (Å²) in [7, 11) is 1.59. The van der Waals surface area contributed by atoms with Crippen LogP contribution in [0.15, 0.2) is 11.0 Å². The third-order valence-electron chi connectivity index (χ3n) is 2.84. The SMILES string of the molecule is CN1C(=O)/C(=C/C2C(=O)CCCC2=O)SC1=S. The molecule has 2 fully saturated rings. The van der Waals surface area contributed by atoms with Crippen molar-refractivity contribution in [2.24, 2.45) is 5.92 Å². The Bertz CT molecular complexity index is 440. The smallest absolute Gasteiger partial charge is 0.265 e. The van der Waals surface area contributed by atoms with Gasteiger partial charge in [0.1, 0.15) is 15.9 Å². The second kappa shape index (κ2) is 4.70. The van der Waals surface area contributed by atoms with Crippen LogP contribution >= 0.6 is 24.0 Å². The summed E-state index contributed by atoms with van der Waals surface area (Å²) in [5.74, 6) is -1.17. The van der Waals surface area contributed by atoms with Gasteiger partial charge in [-0.3, -0.25) is 19.3 Å². The molecule has 6 heteroatoms. The van der Waals surface area contributed by atoms with Crippen LogP contribution in [0.5, 0.6) is 0 Å². The standard InChI is InChI=1S/C11H11NO3S2/c1-12-10(15)9(17-11(12)16)5-6-7(13)3-2-4-8(6)14/h5-6H,2-4H2,1H3/b9-5-. The lowest BCUT2D eigenvalue weighted by molar-refractivity contribution is -0.133. The number of likely N-dealkylation sites (N-methyl/N-ethyl adjacent to an activating group) is 1. The monoisotopic (exact) mass is 269 g/mol. The zero-order valence-corrected chi connectivity index (χ0v) is 10.9. The molecule has 0 atom stereocenters. The zero-order chi connectivity index (χ0) is 12.6. The van der Waals surface area contributed by atoms with Gasteiger partial charge in [-0.2, -0.15) is 0 Å². The predicted molar refractivity (Wildman–Crippen MR) is 68.4 cm³/mol. The van der Waals surface area contributed by atoms with Gasteiger partial charge in [0.2, 0.25) is 0 Å². The quantitative estimate of drug-likeness (QED) is 0.408. The molecule has 2 aliphatic rings. The minimum atomic E-state index is -0.746. The molecule has 0 unspecified atom stereocenters. The van der Waals surface area contributed by atoms with Crippen LogP contribution in [0.1, 0.15) is 19.3 Å². The second-order valence-electron chi connectivity index (χ2n) is 4.03. The Balaban J connectivity index is 2.24. The summed E-state index contributed by atoms with van der Waals surface area (Å²) < 4.78 is 0.456. The van der Waals surface area contributed by atoms with Gasteiger partial charge in [-0.1, -0.05) is 24.0 Å². The van der Waals surface area contributed by atoms with Crippen molar-refractivity contribution in [3.63, 3.8) is 0 Å². The normalized spacial score (nSPS) is 25.2. The molecule has 1 saturated carbocycles. The lowest BCUT2D eigenvalue weighted by Crippen LogP contribution is -2.28. The van der Waals surface area contributed by atoms with Gasteiger partial charge in [-0.15, -0.1) is 0 Å². The number of hydrogen-bond acceptors (Lipinski definition) is 5. The third-order valence-corrected chi connectivity index (χ3v) is 4.35. The molecule has 0 aromatic heterocycles. The molecule has 2 rings (SSSR count). The lowest BCUT2D eigenvalue weighted by Gasteiger charge is -2.16. The number of hydrogen-bond donors (Lipinski definition) is 0. The highest BCUT2D eigenvalue weighted by Gasteiger charge is 2.34. The topological polar surface area (TPSA) is 54.5 Å². The van der Waals surface area contributed by atoms with Crippen LogP contribution in [-0.4, -0.2) is 33.7 Å². The molecule has 1 aliphatic heterocycles. The Morgan fingerprint density at radius 3 is 2.35 bits per heavy atom. The Morgan fingerprint density at radius 2 is 1.88 bits per heavy atom. The van der Waals surface area contributed by atoms with E-state index in [0.29, 0.717) is 28.5 Å². The van der Waals surface area contributed by atoms with Gasteiger partial charge >= 0.3 is 0 Å². The average molecular weight is 269 g/mol. The van der Waals surface area contributed by atoms with Crippen molar-refractivity contribution in [2.45, 2.75) is 19.3 Å². The fraction of sp³-hybridized carbons (Fsp3) is 0.455. The van der Waals surface area contributed by atoms with Crippen molar-refractivity contribution in [3.8, 4) is 0 Å². The van der Waals surface area contributed by atoms with Gasteiger partial charge in [-0.05, 0) is 12.5 Å². The molecule has 4 nitrogen and oxygen atoms in total. The molecule has 90 valence electrons. The van der Waals surface area contributed by atoms with E-state index < -0.39 is 5.92 Å². The number of nitrogens with zero attached hydrogens (tertiary/aromatic N) is 1. The molecular weight excluding hydrogens is 258 g/mol. The number of carbonyl (C=O) groups excluding carboxylic acids is 3. The van der Waals surface area contributed by atoms with Gasteiger partial charge in [0.05, 0.1) is 10.8 Å². The number of allylic oxidation sites excluding steroid dienone is 1. The fourth-order valence-electron chi connectivity index (χ4n) is 1.82. The summed E-state index contributed by atoms with van der Waals surface area (Å²) in [5, 5.41) is 0. The van der Waals surface area contributed by atoms with E-state index in [1.165, 1.54) is 11.0 Å². The molecule has 1 heterocycles. The minimum Gasteiger partial charge on any atom is -0.299 e. The van der Waals surface area contributed by atoms with E-state index in [1.54, 1.807) is 7.05 Å². The van der Waals surface area contributed by atoms with Gasteiger partial charge in [-0.25, -0.2) is 0 Å². The van der Waals surface area contributed by atoms with Crippen LogP contribution in [0.2, 0.25) is 0 Å². The zero-order valence-electron chi connectivity index (χ0n) is 9.26. The molecule has 17 heavy (non-hydrogen) atoms. The highest BCUT2D eigenvalue weighted by Crippen LogP contribution is 2.32. The van der Waals surface area contributed by atoms with E-state index >= 15 is 0 Å². The largest absolute Gasteiger partial charge is 0.299 e. The van der Waals surface area contributed by atoms with Crippen molar-refractivity contribution in [2.75, 3.05) is 7.05 Å². The van der Waals surface area contributed by atoms with Crippen molar-refractivity contribution in [1.29, 1.82) is 0 Å². The Hall–Kier alpha value is -1.01. The van der Waals surface area contributed by atoms with Gasteiger partial charge in [0.15, 0.2) is 0 Å². The van der Waals surface area contributed by atoms with Gasteiger partial charge in [0, 0.05) is 19.9 Å². The number of thiocarbonyl (C=S) groups is 1. The van der Waals surface area contributed by atoms with Crippen molar-refractivity contribution in [1.82, 2.24) is 4.90 Å². The van der Waals surface area contributed by atoms with Crippen LogP contribution in [-0.2, 0) is 14.4 Å². The molecule has 0 bridgehead atoms. The molecule has 0 N–H and O–H groups in total. The summed E-state index contributed by atoms with van der Waals surface area (Å²) in [6.45, 7) is 0. The third kappa shape index (κ3) is 2.32. The highest BCUT2D eigenvalue weighted by molar-refractivity contribution is 8.26. The lowest BCUT2D eigenvalue weighted by atomic mass is 9.86. The summed E-state index contributed by atoms with van der Waals surface area (Å²) >= 11 is 6.12. The Morgan fingerprint density at radius 1 is 1.29 bits per heavy atom. The molecule has 0 aromatic carbocycles. The first-order valence-corrected chi connectivity index (χ1v) is 6.50.